The summed E-state index contributed by atoms with van der Waals surface area (Å²) in [6.45, 7) is 0. The molecule has 0 N–H and O–H groups in total. The molecule has 0 unspecified atom stereocenters. The lowest BCUT2D eigenvalue weighted by molar-refractivity contribution is 1.13. The first-order valence-corrected chi connectivity index (χ1v) is 23.8. The molecule has 2 heterocycles. The Hall–Kier alpha value is -7.98. The van der Waals surface area contributed by atoms with Crippen LogP contribution in [0.1, 0.15) is 0 Å². The predicted octanol–water partition coefficient (Wildman–Crippen LogP) is 12.6. The maximum atomic E-state index is 2.56. The molecule has 0 bridgehead atoms. The number of fused-ring (bicyclic) bond motifs is 6. The third kappa shape index (κ3) is 5.78. The average molecular weight is 819 g/mol. The van der Waals surface area contributed by atoms with Gasteiger partial charge in [-0.1, -0.05) is 231 Å². The fourth-order valence-corrected chi connectivity index (χ4v) is 15.2. The third-order valence-corrected chi connectivity index (χ3v) is 17.8. The van der Waals surface area contributed by atoms with E-state index < -0.39 is 8.07 Å². The van der Waals surface area contributed by atoms with Gasteiger partial charge in [0.05, 0.1) is 33.4 Å². The van der Waals surface area contributed by atoms with Crippen LogP contribution >= 0.6 is 0 Å². The van der Waals surface area contributed by atoms with E-state index in [1.807, 2.05) is 0 Å². The molecule has 0 amide bonds. The highest BCUT2D eigenvalue weighted by atomic mass is 28.3. The molecule has 10 aromatic carbocycles. The van der Waals surface area contributed by atoms with E-state index in [2.05, 4.69) is 264 Å². The van der Waals surface area contributed by atoms with E-state index in [1.165, 1.54) is 86.6 Å². The maximum absolute atomic E-state index is 2.84. The maximum Gasteiger partial charge on any atom is 0.179 e. The van der Waals surface area contributed by atoms with Gasteiger partial charge in [0.25, 0.3) is 0 Å². The van der Waals surface area contributed by atoms with E-state index in [9.17, 15) is 0 Å². The van der Waals surface area contributed by atoms with Crippen LogP contribution in [0.15, 0.2) is 255 Å². The van der Waals surface area contributed by atoms with Gasteiger partial charge < -0.3 is 9.13 Å². The minimum absolute atomic E-state index is 1.14. The van der Waals surface area contributed by atoms with Gasteiger partial charge in [-0.25, -0.2) is 0 Å². The second-order valence-electron chi connectivity index (χ2n) is 16.4. The molecule has 0 aliphatic carbocycles. The number of para-hydroxylation sites is 4. The van der Waals surface area contributed by atoms with E-state index in [1.54, 1.807) is 0 Å². The van der Waals surface area contributed by atoms with Crippen LogP contribution in [0, 0.1) is 0 Å². The molecule has 0 atom stereocenters. The lowest BCUT2D eigenvalue weighted by atomic mass is 10.0. The predicted molar refractivity (Wildman–Crippen MR) is 270 cm³/mol. The van der Waals surface area contributed by atoms with Crippen molar-refractivity contribution in [2.75, 3.05) is 0 Å². The lowest BCUT2D eigenvalue weighted by Gasteiger charge is -2.34. The SMILES string of the molecule is c1ccc(-c2ccccc2-n2c3c(-c4ccccc4)cccc3c3cccc(-n4c5ccccc5c5ccc([Si](c6ccccc6)(c6ccccc6)c6ccccc6)cc54)c32)cc1. The van der Waals surface area contributed by atoms with Crippen molar-refractivity contribution in [2.45, 2.75) is 0 Å². The van der Waals surface area contributed by atoms with E-state index in [-0.39, 0.29) is 0 Å². The van der Waals surface area contributed by atoms with Crippen molar-refractivity contribution in [1.29, 1.82) is 0 Å². The van der Waals surface area contributed by atoms with Gasteiger partial charge in [-0.05, 0) is 56.1 Å². The quantitative estimate of drug-likeness (QED) is 0.107. The number of nitrogens with zero attached hydrogens (tertiary/aromatic N) is 2. The fourth-order valence-electron chi connectivity index (χ4n) is 10.4. The van der Waals surface area contributed by atoms with Crippen LogP contribution < -0.4 is 20.7 Å². The molecule has 3 heteroatoms. The van der Waals surface area contributed by atoms with Gasteiger partial charge in [-0.15, -0.1) is 0 Å². The first-order valence-electron chi connectivity index (χ1n) is 21.8. The minimum Gasteiger partial charge on any atom is -0.307 e. The molecular weight excluding hydrogens is 777 g/mol. The highest BCUT2D eigenvalue weighted by Gasteiger charge is 2.41. The molecule has 63 heavy (non-hydrogen) atoms. The highest BCUT2D eigenvalue weighted by Crippen LogP contribution is 2.44. The Morgan fingerprint density at radius 3 is 1.33 bits per heavy atom. The summed E-state index contributed by atoms with van der Waals surface area (Å²) in [6.07, 6.45) is 0. The van der Waals surface area contributed by atoms with Crippen LogP contribution in [0.4, 0.5) is 0 Å². The molecule has 2 nitrogen and oxygen atoms in total. The van der Waals surface area contributed by atoms with Crippen molar-refractivity contribution >= 4 is 72.4 Å². The van der Waals surface area contributed by atoms with Gasteiger partial charge in [0.1, 0.15) is 0 Å². The van der Waals surface area contributed by atoms with E-state index in [4.69, 9.17) is 0 Å². The Labute approximate surface area is 368 Å². The standard InChI is InChI=1S/C60H42N2Si/c1-6-22-43(23-7-1)49-32-16-18-37-55(49)62-59-50(44-24-8-2-9-25-44)34-20-35-53(59)54-36-21-39-57(60(54)62)61-56-38-19-17-33-51(56)52-41-40-48(42-58(52)61)63(45-26-10-3-11-27-45,46-28-12-4-13-29-46)47-30-14-5-15-31-47/h1-42H. The summed E-state index contributed by atoms with van der Waals surface area (Å²) in [5.74, 6) is 0. The number of rotatable bonds is 8. The Morgan fingerprint density at radius 1 is 0.254 bits per heavy atom. The molecule has 0 aliphatic heterocycles. The second kappa shape index (κ2) is 15.2. The van der Waals surface area contributed by atoms with Gasteiger partial charge in [0, 0.05) is 32.7 Å². The van der Waals surface area contributed by atoms with Crippen molar-refractivity contribution in [3.05, 3.63) is 255 Å². The zero-order valence-corrected chi connectivity index (χ0v) is 35.6. The summed E-state index contributed by atoms with van der Waals surface area (Å²) in [4.78, 5) is 0. The monoisotopic (exact) mass is 818 g/mol. The summed E-state index contributed by atoms with van der Waals surface area (Å²) in [5.41, 5.74) is 11.8. The largest absolute Gasteiger partial charge is 0.307 e. The molecule has 0 saturated heterocycles. The van der Waals surface area contributed by atoms with Crippen molar-refractivity contribution in [3.8, 4) is 33.6 Å². The van der Waals surface area contributed by atoms with E-state index in [0.29, 0.717) is 0 Å². The van der Waals surface area contributed by atoms with Crippen LogP contribution in [-0.4, -0.2) is 17.2 Å². The summed E-state index contributed by atoms with van der Waals surface area (Å²) < 4.78 is 5.12. The van der Waals surface area contributed by atoms with Crippen LogP contribution in [-0.2, 0) is 0 Å². The van der Waals surface area contributed by atoms with E-state index >= 15 is 0 Å². The molecule has 12 rings (SSSR count). The van der Waals surface area contributed by atoms with Crippen molar-refractivity contribution in [2.24, 2.45) is 0 Å². The zero-order chi connectivity index (χ0) is 41.7. The summed E-state index contributed by atoms with van der Waals surface area (Å²) in [6, 6.07) is 94.3. The van der Waals surface area contributed by atoms with Gasteiger partial charge in [0.2, 0.25) is 0 Å². The topological polar surface area (TPSA) is 9.86 Å². The third-order valence-electron chi connectivity index (χ3n) is 13.1. The summed E-state index contributed by atoms with van der Waals surface area (Å²) >= 11 is 0. The molecule has 0 radical (unpaired) electrons. The molecule has 0 spiro atoms. The fraction of sp³-hybridized carbons (Fsp3) is 0. The number of aromatic nitrogens is 2. The molecule has 12 aromatic rings. The first-order chi connectivity index (χ1) is 31.3. The van der Waals surface area contributed by atoms with Gasteiger partial charge in [-0.3, -0.25) is 0 Å². The first kappa shape index (κ1) is 36.8. The summed E-state index contributed by atoms with van der Waals surface area (Å²) in [7, 11) is -2.84. The Kier molecular flexibility index (Phi) is 8.87. The number of hydrogen-bond donors (Lipinski definition) is 0. The van der Waals surface area contributed by atoms with Crippen molar-refractivity contribution < 1.29 is 0 Å². The van der Waals surface area contributed by atoms with Crippen LogP contribution in [0.2, 0.25) is 0 Å². The number of benzene rings is 10. The highest BCUT2D eigenvalue weighted by molar-refractivity contribution is 7.20. The lowest BCUT2D eigenvalue weighted by Crippen LogP contribution is -2.74. The second-order valence-corrected chi connectivity index (χ2v) is 20.2. The van der Waals surface area contributed by atoms with Crippen LogP contribution in [0.25, 0.3) is 77.2 Å². The molecule has 2 aromatic heterocycles. The van der Waals surface area contributed by atoms with Crippen LogP contribution in [0.3, 0.4) is 0 Å². The Morgan fingerprint density at radius 2 is 0.698 bits per heavy atom. The smallest absolute Gasteiger partial charge is 0.179 e. The normalized spacial score (nSPS) is 11.8. The Balaban J connectivity index is 1.24. The zero-order valence-electron chi connectivity index (χ0n) is 34.6. The van der Waals surface area contributed by atoms with Crippen molar-refractivity contribution in [3.63, 3.8) is 0 Å². The summed E-state index contributed by atoms with van der Waals surface area (Å²) in [5, 5.41) is 10.3. The molecule has 0 aliphatic rings. The van der Waals surface area contributed by atoms with Crippen molar-refractivity contribution in [1.82, 2.24) is 9.13 Å². The molecular formula is C60H42N2Si. The van der Waals surface area contributed by atoms with Gasteiger partial charge in [0.15, 0.2) is 8.07 Å². The number of hydrogen-bond acceptors (Lipinski definition) is 0. The van der Waals surface area contributed by atoms with E-state index in [0.717, 1.165) is 11.4 Å². The van der Waals surface area contributed by atoms with Gasteiger partial charge >= 0.3 is 0 Å². The molecule has 0 saturated carbocycles. The molecule has 296 valence electrons. The average Bonchev–Trinajstić information content (AvgIpc) is 3.89. The minimum atomic E-state index is -2.84. The molecule has 0 fully saturated rings. The Bertz CT molecular complexity index is 3500. The van der Waals surface area contributed by atoms with Gasteiger partial charge in [-0.2, -0.15) is 0 Å². The van der Waals surface area contributed by atoms with Crippen LogP contribution in [0.5, 0.6) is 0 Å².